The normalized spacial score (nSPS) is 20.3. The molecule has 2 N–H and O–H groups in total. The van der Waals surface area contributed by atoms with E-state index in [-0.39, 0.29) is 10.9 Å². The van der Waals surface area contributed by atoms with Crippen LogP contribution >= 0.6 is 0 Å². The fraction of sp³-hybridized carbons (Fsp3) is 0.700. The predicted molar refractivity (Wildman–Crippen MR) is 64.4 cm³/mol. The summed E-state index contributed by atoms with van der Waals surface area (Å²) < 4.78 is 51.5. The lowest BCUT2D eigenvalue weighted by atomic mass is 10.2. The van der Waals surface area contributed by atoms with Gasteiger partial charge in [-0.05, 0) is 19.4 Å². The zero-order chi connectivity index (χ0) is 13.9. The first-order valence-corrected chi connectivity index (χ1v) is 7.49. The smallest absolute Gasteiger partial charge is 0.257 e. The van der Waals surface area contributed by atoms with Crippen LogP contribution in [0, 0.1) is 0 Å². The number of hydrogen-bond acceptors (Lipinski definition) is 4. The summed E-state index contributed by atoms with van der Waals surface area (Å²) in [4.78, 5) is -0.0915. The van der Waals surface area contributed by atoms with E-state index in [4.69, 9.17) is 0 Å². The Kier molecular flexibility index (Phi) is 4.48. The number of hydrogen-bond donors (Lipinski definition) is 2. The molecule has 6 nitrogen and oxygen atoms in total. The molecule has 0 bridgehead atoms. The van der Waals surface area contributed by atoms with E-state index in [1.807, 2.05) is 0 Å². The third kappa shape index (κ3) is 3.95. The van der Waals surface area contributed by atoms with E-state index in [1.54, 1.807) is 0 Å². The molecule has 2 heterocycles. The van der Waals surface area contributed by atoms with Crippen LogP contribution in [0.1, 0.15) is 12.8 Å². The summed E-state index contributed by atoms with van der Waals surface area (Å²) in [6.07, 6.45) is 1.57. The lowest BCUT2D eigenvalue weighted by Gasteiger charge is -2.10. The zero-order valence-corrected chi connectivity index (χ0v) is 11.0. The number of nitrogens with zero attached hydrogens (tertiary/aromatic N) is 2. The summed E-state index contributed by atoms with van der Waals surface area (Å²) in [5, 5.41) is 6.77. The maximum atomic E-state index is 12.1. The van der Waals surface area contributed by atoms with Gasteiger partial charge in [0.15, 0.2) is 0 Å². The van der Waals surface area contributed by atoms with Gasteiger partial charge in [0.2, 0.25) is 10.0 Å². The lowest BCUT2D eigenvalue weighted by molar-refractivity contribution is 0.121. The summed E-state index contributed by atoms with van der Waals surface area (Å²) in [6.45, 7) is 0.570. The van der Waals surface area contributed by atoms with Crippen LogP contribution in [0.25, 0.3) is 0 Å². The highest BCUT2D eigenvalue weighted by atomic mass is 32.2. The Labute approximate surface area is 110 Å². The first-order chi connectivity index (χ1) is 8.97. The average molecular weight is 294 g/mol. The van der Waals surface area contributed by atoms with Gasteiger partial charge in [0, 0.05) is 18.8 Å². The predicted octanol–water partition coefficient (Wildman–Crippen LogP) is 0.178. The molecule has 0 aromatic carbocycles. The first kappa shape index (κ1) is 14.4. The van der Waals surface area contributed by atoms with Crippen LogP contribution in [0.3, 0.4) is 0 Å². The molecule has 108 valence electrons. The van der Waals surface area contributed by atoms with Gasteiger partial charge < -0.3 is 5.32 Å². The van der Waals surface area contributed by atoms with E-state index in [0.29, 0.717) is 6.54 Å². The monoisotopic (exact) mass is 294 g/mol. The summed E-state index contributed by atoms with van der Waals surface area (Å²) in [5.41, 5.74) is 0. The van der Waals surface area contributed by atoms with Crippen molar-refractivity contribution in [3.63, 3.8) is 0 Å². The van der Waals surface area contributed by atoms with Crippen LogP contribution in [-0.2, 0) is 16.6 Å². The molecule has 1 fully saturated rings. The fourth-order valence-corrected chi connectivity index (χ4v) is 2.98. The Morgan fingerprint density at radius 1 is 1.58 bits per heavy atom. The minimum atomic E-state index is -3.68. The van der Waals surface area contributed by atoms with E-state index in [9.17, 15) is 17.2 Å². The highest BCUT2D eigenvalue weighted by molar-refractivity contribution is 7.89. The van der Waals surface area contributed by atoms with Crippen molar-refractivity contribution in [2.24, 2.45) is 0 Å². The first-order valence-electron chi connectivity index (χ1n) is 6.01. The van der Waals surface area contributed by atoms with Crippen LogP contribution in [0.2, 0.25) is 0 Å². The average Bonchev–Trinajstić information content (AvgIpc) is 2.96. The van der Waals surface area contributed by atoms with E-state index < -0.39 is 23.0 Å². The van der Waals surface area contributed by atoms with Gasteiger partial charge in [-0.15, -0.1) is 0 Å². The Hall–Kier alpha value is -1.06. The second-order valence-electron chi connectivity index (χ2n) is 4.43. The topological polar surface area (TPSA) is 76.0 Å². The van der Waals surface area contributed by atoms with Crippen LogP contribution in [0.4, 0.5) is 8.78 Å². The van der Waals surface area contributed by atoms with E-state index in [2.05, 4.69) is 15.1 Å². The molecule has 9 heteroatoms. The van der Waals surface area contributed by atoms with Crippen molar-refractivity contribution in [1.82, 2.24) is 19.8 Å². The van der Waals surface area contributed by atoms with Gasteiger partial charge in [0.05, 0.1) is 6.20 Å². The summed E-state index contributed by atoms with van der Waals surface area (Å²) in [6, 6.07) is 0.130. The number of rotatable bonds is 6. The molecule has 1 atom stereocenters. The molecule has 0 amide bonds. The Morgan fingerprint density at radius 3 is 3.00 bits per heavy atom. The molecular formula is C10H16F2N4O2S. The van der Waals surface area contributed by atoms with Gasteiger partial charge in [-0.3, -0.25) is 4.68 Å². The molecule has 0 radical (unpaired) electrons. The minimum Gasteiger partial charge on any atom is -0.313 e. The summed E-state index contributed by atoms with van der Waals surface area (Å²) in [5.74, 6) is 0. The third-order valence-electron chi connectivity index (χ3n) is 2.93. The molecule has 19 heavy (non-hydrogen) atoms. The van der Waals surface area contributed by atoms with Gasteiger partial charge in [0.25, 0.3) is 6.43 Å². The molecule has 1 aliphatic heterocycles. The molecule has 1 saturated heterocycles. The van der Waals surface area contributed by atoms with Gasteiger partial charge in [-0.1, -0.05) is 0 Å². The molecule has 0 saturated carbocycles. The number of halogens is 2. The van der Waals surface area contributed by atoms with E-state index in [1.165, 1.54) is 0 Å². The van der Waals surface area contributed by atoms with Gasteiger partial charge in [-0.25, -0.2) is 21.9 Å². The van der Waals surface area contributed by atoms with Crippen molar-refractivity contribution in [3.05, 3.63) is 12.4 Å². The molecule has 1 aliphatic rings. The number of alkyl halides is 2. The fourth-order valence-electron chi connectivity index (χ4n) is 1.95. The zero-order valence-electron chi connectivity index (χ0n) is 10.2. The number of sulfonamides is 1. The van der Waals surface area contributed by atoms with Crippen molar-refractivity contribution in [1.29, 1.82) is 0 Å². The van der Waals surface area contributed by atoms with Crippen LogP contribution in [0.5, 0.6) is 0 Å². The standard InChI is InChI=1S/C10H16F2N4O2S/c11-10(12)7-16-6-9(5-14-16)19(17,18)15-4-8-2-1-3-13-8/h5-6,8,10,13,15H,1-4,7H2. The van der Waals surface area contributed by atoms with Crippen LogP contribution in [-0.4, -0.2) is 43.8 Å². The van der Waals surface area contributed by atoms with Crippen molar-refractivity contribution in [2.75, 3.05) is 13.1 Å². The van der Waals surface area contributed by atoms with Crippen molar-refractivity contribution in [3.8, 4) is 0 Å². The maximum Gasteiger partial charge on any atom is 0.257 e. The third-order valence-corrected chi connectivity index (χ3v) is 4.31. The number of nitrogens with one attached hydrogen (secondary N) is 2. The summed E-state index contributed by atoms with van der Waals surface area (Å²) in [7, 11) is -3.68. The Bertz CT molecular complexity index is 511. The van der Waals surface area contributed by atoms with Gasteiger partial charge in [-0.2, -0.15) is 5.10 Å². The van der Waals surface area contributed by atoms with Crippen molar-refractivity contribution >= 4 is 10.0 Å². The highest BCUT2D eigenvalue weighted by Crippen LogP contribution is 2.10. The molecule has 2 rings (SSSR count). The largest absolute Gasteiger partial charge is 0.313 e. The molecule has 1 unspecified atom stereocenters. The highest BCUT2D eigenvalue weighted by Gasteiger charge is 2.20. The van der Waals surface area contributed by atoms with Crippen LogP contribution < -0.4 is 10.0 Å². The Balaban J connectivity index is 1.96. The van der Waals surface area contributed by atoms with E-state index >= 15 is 0 Å². The van der Waals surface area contributed by atoms with E-state index in [0.717, 1.165) is 36.5 Å². The SMILES string of the molecule is O=S(=O)(NCC1CCCN1)c1cnn(CC(F)F)c1. The van der Waals surface area contributed by atoms with Crippen molar-refractivity contribution < 1.29 is 17.2 Å². The van der Waals surface area contributed by atoms with Gasteiger partial charge in [0.1, 0.15) is 11.4 Å². The molecule has 1 aromatic rings. The minimum absolute atomic E-state index is 0.0915. The second kappa shape index (κ2) is 5.93. The molecule has 1 aromatic heterocycles. The molecule has 0 spiro atoms. The molecule has 0 aliphatic carbocycles. The maximum absolute atomic E-state index is 12.1. The molecular weight excluding hydrogens is 278 g/mol. The van der Waals surface area contributed by atoms with Gasteiger partial charge >= 0.3 is 0 Å². The lowest BCUT2D eigenvalue weighted by Crippen LogP contribution is -2.37. The summed E-state index contributed by atoms with van der Waals surface area (Å²) >= 11 is 0. The quantitative estimate of drug-likeness (QED) is 0.785. The Morgan fingerprint density at radius 2 is 2.37 bits per heavy atom. The second-order valence-corrected chi connectivity index (χ2v) is 6.20. The number of aromatic nitrogens is 2. The van der Waals surface area contributed by atoms with Crippen LogP contribution in [0.15, 0.2) is 17.3 Å². The van der Waals surface area contributed by atoms with Crippen molar-refractivity contribution in [2.45, 2.75) is 36.7 Å².